The molecule has 0 radical (unpaired) electrons. The Hall–Kier alpha value is -3.44. The lowest BCUT2D eigenvalue weighted by atomic mass is 9.92. The molecule has 7 nitrogen and oxygen atoms in total. The third-order valence-electron chi connectivity index (χ3n) is 8.71. The first-order valence-electron chi connectivity index (χ1n) is 16.1. The van der Waals surface area contributed by atoms with E-state index < -0.39 is 12.2 Å². The summed E-state index contributed by atoms with van der Waals surface area (Å²) in [5.74, 6) is -0.155. The average Bonchev–Trinajstić information content (AvgIpc) is 3.11. The Labute approximate surface area is 282 Å². The molecule has 0 aromatic heterocycles. The number of anilines is 1. The number of ether oxygens (including phenoxy) is 1. The monoisotopic (exact) mass is 662 g/mol. The minimum atomic E-state index is -0.672. The summed E-state index contributed by atoms with van der Waals surface area (Å²) in [6.07, 6.45) is 3.53. The number of thiol groups is 1. The Kier molecular flexibility index (Phi) is 14.1. The van der Waals surface area contributed by atoms with Crippen LogP contribution < -0.4 is 10.6 Å². The number of hydrogen-bond donors (Lipinski definition) is 6. The van der Waals surface area contributed by atoms with Gasteiger partial charge < -0.3 is 35.8 Å². The fourth-order valence-corrected chi connectivity index (χ4v) is 6.26. The summed E-state index contributed by atoms with van der Waals surface area (Å²) in [6, 6.07) is 29.2. The molecule has 9 heteroatoms. The van der Waals surface area contributed by atoms with Crippen LogP contribution in [0.1, 0.15) is 73.5 Å². The number of benzene rings is 4. The summed E-state index contributed by atoms with van der Waals surface area (Å²) >= 11 is 3.53. The maximum absolute atomic E-state index is 13.3. The third kappa shape index (κ3) is 9.79. The molecule has 1 heterocycles. The van der Waals surface area contributed by atoms with E-state index in [2.05, 4.69) is 17.5 Å². The molecule has 1 fully saturated rings. The summed E-state index contributed by atoms with van der Waals surface area (Å²) in [6.45, 7) is 0.132. The number of halogens is 1. The highest BCUT2D eigenvalue weighted by Crippen LogP contribution is 2.39. The number of aliphatic hydroxyl groups excluding tert-OH is 3. The topological polar surface area (TPSA) is 119 Å². The lowest BCUT2D eigenvalue weighted by Crippen LogP contribution is -2.34. The Morgan fingerprint density at radius 2 is 1.55 bits per heavy atom. The fourth-order valence-electron chi connectivity index (χ4n) is 6.26. The summed E-state index contributed by atoms with van der Waals surface area (Å²) < 4.78 is 19.3. The normalized spacial score (nSPS) is 18.9. The first-order valence-corrected chi connectivity index (χ1v) is 17.0. The molecule has 0 bridgehead atoms. The van der Waals surface area contributed by atoms with Gasteiger partial charge in [-0.25, -0.2) is 4.39 Å². The van der Waals surface area contributed by atoms with E-state index in [0.717, 1.165) is 40.8 Å². The number of rotatable bonds is 13. The van der Waals surface area contributed by atoms with Crippen LogP contribution >= 0.6 is 12.6 Å². The molecule has 4 aromatic carbocycles. The van der Waals surface area contributed by atoms with Crippen LogP contribution in [0.15, 0.2) is 97.1 Å². The summed E-state index contributed by atoms with van der Waals surface area (Å²) in [5, 5.41) is 41.7. The second-order valence-corrected chi connectivity index (χ2v) is 11.8. The number of phenolic OH excluding ortho intramolecular Hbond substituents is 1. The zero-order chi connectivity index (χ0) is 33.8. The number of aromatic hydroxyl groups is 1. The molecule has 0 amide bonds. The van der Waals surface area contributed by atoms with Crippen molar-refractivity contribution in [2.24, 2.45) is 5.73 Å². The lowest BCUT2D eigenvalue weighted by molar-refractivity contribution is -0.113. The second-order valence-electron chi connectivity index (χ2n) is 11.8. The van der Waals surface area contributed by atoms with Crippen molar-refractivity contribution in [3.05, 3.63) is 120 Å². The van der Waals surface area contributed by atoms with Gasteiger partial charge in [0.2, 0.25) is 0 Å². The van der Waals surface area contributed by atoms with Crippen LogP contribution in [0.5, 0.6) is 5.75 Å². The smallest absolute Gasteiger partial charge is 0.123 e. The second kappa shape index (κ2) is 18.2. The molecule has 5 rings (SSSR count). The predicted molar refractivity (Wildman–Crippen MR) is 189 cm³/mol. The average molecular weight is 663 g/mol. The molecule has 5 unspecified atom stereocenters. The fraction of sp³-hybridized carbons (Fsp3) is 0.368. The quantitative estimate of drug-likeness (QED) is 0.0515. The number of phenols is 1. The molecule has 0 saturated carbocycles. The molecule has 1 saturated heterocycles. The number of unbranched alkanes of at least 4 members (excludes halogenated alkanes) is 1. The van der Waals surface area contributed by atoms with E-state index in [9.17, 15) is 24.8 Å². The number of para-hydroxylation sites is 1. The maximum Gasteiger partial charge on any atom is 0.123 e. The van der Waals surface area contributed by atoms with E-state index in [1.807, 2.05) is 66.7 Å². The number of nitrogens with zero attached hydrogens (tertiary/aromatic N) is 1. The van der Waals surface area contributed by atoms with Crippen LogP contribution in [-0.4, -0.2) is 52.2 Å². The molecule has 6 N–H and O–H groups in total. The molecule has 0 aliphatic carbocycles. The van der Waals surface area contributed by atoms with Crippen molar-refractivity contribution in [1.82, 2.24) is 0 Å². The Morgan fingerprint density at radius 1 is 0.894 bits per heavy atom. The van der Waals surface area contributed by atoms with Crippen molar-refractivity contribution in [3.63, 3.8) is 0 Å². The lowest BCUT2D eigenvalue weighted by Gasteiger charge is -2.34. The van der Waals surface area contributed by atoms with E-state index in [1.54, 1.807) is 24.5 Å². The van der Waals surface area contributed by atoms with E-state index in [1.165, 1.54) is 12.1 Å². The van der Waals surface area contributed by atoms with Gasteiger partial charge in [-0.05, 0) is 71.7 Å². The number of nitrogens with two attached hydrogens (primary N) is 1. The van der Waals surface area contributed by atoms with Crippen LogP contribution in [0.25, 0.3) is 11.1 Å². The molecular formula is C38H47FN2O5S. The van der Waals surface area contributed by atoms with Crippen LogP contribution in [-0.2, 0) is 4.74 Å². The molecule has 0 spiro atoms. The van der Waals surface area contributed by atoms with Crippen molar-refractivity contribution in [2.45, 2.75) is 69.0 Å². The summed E-state index contributed by atoms with van der Waals surface area (Å²) in [5.41, 5.74) is 11.4. The molecule has 1 aliphatic heterocycles. The highest BCUT2D eigenvalue weighted by Gasteiger charge is 2.29. The van der Waals surface area contributed by atoms with Gasteiger partial charge in [-0.2, -0.15) is 12.6 Å². The van der Waals surface area contributed by atoms with Gasteiger partial charge in [-0.3, -0.25) is 0 Å². The van der Waals surface area contributed by atoms with Gasteiger partial charge in [-0.15, -0.1) is 0 Å². The minimum Gasteiger partial charge on any atom is -0.508 e. The van der Waals surface area contributed by atoms with Crippen LogP contribution in [0, 0.1) is 5.82 Å². The maximum atomic E-state index is 13.3. The zero-order valence-corrected chi connectivity index (χ0v) is 27.7. The molecular weight excluding hydrogens is 615 g/mol. The largest absolute Gasteiger partial charge is 0.508 e. The summed E-state index contributed by atoms with van der Waals surface area (Å²) in [7, 11) is 0. The first-order chi connectivity index (χ1) is 22.9. The number of hydrogen-bond acceptors (Lipinski definition) is 8. The molecule has 4 aromatic rings. The van der Waals surface area contributed by atoms with Gasteiger partial charge in [0.1, 0.15) is 11.6 Å². The van der Waals surface area contributed by atoms with Gasteiger partial charge >= 0.3 is 0 Å². The van der Waals surface area contributed by atoms with Gasteiger partial charge in [-0.1, -0.05) is 79.6 Å². The van der Waals surface area contributed by atoms with Crippen molar-refractivity contribution in [1.29, 1.82) is 0 Å². The molecule has 5 atom stereocenters. The first kappa shape index (κ1) is 36.4. The highest BCUT2D eigenvalue weighted by atomic mass is 32.1. The molecule has 47 heavy (non-hydrogen) atoms. The minimum absolute atomic E-state index is 0.123. The van der Waals surface area contributed by atoms with Crippen LogP contribution in [0.3, 0.4) is 0 Å². The Morgan fingerprint density at radius 3 is 2.19 bits per heavy atom. The SMILES string of the molecule is CS.NCN(c1ccccc1)C(CCCCC(O)c1ccc(F)cc1)c1ccc(-c2ccc(C3CC(O)CC(CO)O3)cc2)cc1O. The van der Waals surface area contributed by atoms with E-state index in [-0.39, 0.29) is 43.1 Å². The zero-order valence-electron chi connectivity index (χ0n) is 26.8. The van der Waals surface area contributed by atoms with Crippen molar-refractivity contribution >= 4 is 18.3 Å². The highest BCUT2D eigenvalue weighted by molar-refractivity contribution is 7.79. The van der Waals surface area contributed by atoms with Gasteiger partial charge in [0.15, 0.2) is 0 Å². The Bertz CT molecular complexity index is 1490. The van der Waals surface area contributed by atoms with Crippen molar-refractivity contribution < 1.29 is 29.6 Å². The number of aliphatic hydroxyl groups is 3. The predicted octanol–water partition coefficient (Wildman–Crippen LogP) is 7.08. The van der Waals surface area contributed by atoms with Crippen LogP contribution in [0.4, 0.5) is 10.1 Å². The van der Waals surface area contributed by atoms with Crippen molar-refractivity contribution in [3.8, 4) is 16.9 Å². The van der Waals surface area contributed by atoms with Crippen LogP contribution in [0.2, 0.25) is 0 Å². The van der Waals surface area contributed by atoms with Gasteiger partial charge in [0.05, 0.1) is 43.7 Å². The standard InChI is InChI=1S/C37H43FN2O5.CH4S/c38-29-17-14-26(15-18-29)35(43)9-5-4-8-34(40(24-39)30-6-2-1-3-7-30)33-19-16-28(20-36(33)44)25-10-12-27(13-11-25)37-22-31(42)21-32(23-41)45-37;1-2/h1-3,6-7,10-20,31-32,34-35,37,41-44H,4-5,8-9,21-24,39H2;2H,1H3. The van der Waals surface area contributed by atoms with E-state index in [0.29, 0.717) is 31.2 Å². The van der Waals surface area contributed by atoms with Gasteiger partial charge in [0.25, 0.3) is 0 Å². The third-order valence-corrected chi connectivity index (χ3v) is 8.71. The molecule has 252 valence electrons. The molecule has 1 aliphatic rings. The summed E-state index contributed by atoms with van der Waals surface area (Å²) in [4.78, 5) is 2.08. The van der Waals surface area contributed by atoms with E-state index >= 15 is 0 Å². The van der Waals surface area contributed by atoms with Gasteiger partial charge in [0, 0.05) is 24.1 Å². The Balaban J connectivity index is 0.00000245. The van der Waals surface area contributed by atoms with E-state index in [4.69, 9.17) is 10.5 Å². The van der Waals surface area contributed by atoms with Crippen molar-refractivity contribution in [2.75, 3.05) is 24.4 Å².